The molecule has 0 atom stereocenters. The van der Waals surface area contributed by atoms with Crippen LogP contribution in [0.1, 0.15) is 23.7 Å². The van der Waals surface area contributed by atoms with E-state index in [1.165, 1.54) is 10.7 Å². The maximum atomic E-state index is 12.6. The van der Waals surface area contributed by atoms with Crippen molar-refractivity contribution in [3.05, 3.63) is 41.1 Å². The Morgan fingerprint density at radius 1 is 1.32 bits per heavy atom. The fourth-order valence-corrected chi connectivity index (χ4v) is 1.86. The maximum absolute atomic E-state index is 12.6. The molecule has 2 N–H and O–H groups in total. The Kier molecular flexibility index (Phi) is 3.46. The van der Waals surface area contributed by atoms with Crippen LogP contribution in [0.15, 0.2) is 24.3 Å². The monoisotopic (exact) mass is 270 g/mol. The molecule has 2 aromatic rings. The van der Waals surface area contributed by atoms with Crippen molar-refractivity contribution in [2.24, 2.45) is 0 Å². The molecule has 0 saturated heterocycles. The molecule has 1 heterocycles. The minimum absolute atomic E-state index is 0.220. The van der Waals surface area contributed by atoms with Crippen LogP contribution >= 0.6 is 0 Å². The topological polar surface area (TPSA) is 56.7 Å². The van der Waals surface area contributed by atoms with Crippen LogP contribution in [0, 0.1) is 0 Å². The predicted molar refractivity (Wildman–Crippen MR) is 64.4 cm³/mol. The third kappa shape index (κ3) is 2.86. The van der Waals surface area contributed by atoms with Gasteiger partial charge >= 0.3 is 6.18 Å². The van der Waals surface area contributed by atoms with E-state index >= 15 is 0 Å². The molecule has 0 fully saturated rings. The molecule has 0 amide bonds. The van der Waals surface area contributed by atoms with Gasteiger partial charge in [0.15, 0.2) is 5.82 Å². The van der Waals surface area contributed by atoms with Gasteiger partial charge in [-0.15, -0.1) is 5.10 Å². The molecule has 0 saturated carbocycles. The van der Waals surface area contributed by atoms with Gasteiger partial charge in [-0.2, -0.15) is 13.2 Å². The number of aromatic nitrogens is 3. The highest BCUT2D eigenvalue weighted by atomic mass is 19.4. The summed E-state index contributed by atoms with van der Waals surface area (Å²) in [4.78, 5) is 0. The molecule has 0 radical (unpaired) electrons. The molecule has 0 aliphatic rings. The zero-order valence-electron chi connectivity index (χ0n) is 10.3. The molecule has 0 spiro atoms. The lowest BCUT2D eigenvalue weighted by Crippen LogP contribution is -2.09. The second-order valence-corrected chi connectivity index (χ2v) is 4.13. The van der Waals surface area contributed by atoms with Crippen LogP contribution < -0.4 is 5.73 Å². The van der Waals surface area contributed by atoms with Crippen molar-refractivity contribution in [1.29, 1.82) is 0 Å². The van der Waals surface area contributed by atoms with Gasteiger partial charge in [0.25, 0.3) is 0 Å². The van der Waals surface area contributed by atoms with Gasteiger partial charge in [-0.3, -0.25) is 0 Å². The average Bonchev–Trinajstić information content (AvgIpc) is 2.69. The van der Waals surface area contributed by atoms with Crippen molar-refractivity contribution >= 4 is 5.82 Å². The number of nitrogens with two attached hydrogens (primary N) is 1. The molecule has 102 valence electrons. The van der Waals surface area contributed by atoms with E-state index in [2.05, 4.69) is 10.3 Å². The first-order valence-corrected chi connectivity index (χ1v) is 5.75. The Hall–Kier alpha value is -2.05. The summed E-state index contributed by atoms with van der Waals surface area (Å²) in [5.41, 5.74) is 6.19. The number of hydrogen-bond acceptors (Lipinski definition) is 3. The van der Waals surface area contributed by atoms with E-state index in [9.17, 15) is 13.2 Å². The number of benzene rings is 1. The molecule has 0 aliphatic carbocycles. The van der Waals surface area contributed by atoms with E-state index in [1.54, 1.807) is 6.07 Å². The van der Waals surface area contributed by atoms with Crippen molar-refractivity contribution in [3.8, 4) is 0 Å². The van der Waals surface area contributed by atoms with E-state index in [-0.39, 0.29) is 6.54 Å². The van der Waals surface area contributed by atoms with Gasteiger partial charge in [0.1, 0.15) is 0 Å². The molecule has 7 heteroatoms. The second kappa shape index (κ2) is 4.91. The molecule has 0 aliphatic heterocycles. The Morgan fingerprint density at radius 2 is 2.05 bits per heavy atom. The first-order valence-electron chi connectivity index (χ1n) is 5.75. The largest absolute Gasteiger partial charge is 0.416 e. The van der Waals surface area contributed by atoms with Crippen molar-refractivity contribution in [2.75, 3.05) is 5.73 Å². The molecule has 2 rings (SSSR count). The summed E-state index contributed by atoms with van der Waals surface area (Å²) in [5.74, 6) is 0.314. The number of nitrogen functional groups attached to an aromatic ring is 1. The molecule has 0 bridgehead atoms. The van der Waals surface area contributed by atoms with Crippen LogP contribution in [0.5, 0.6) is 0 Å². The van der Waals surface area contributed by atoms with Crippen LogP contribution in [0.2, 0.25) is 0 Å². The van der Waals surface area contributed by atoms with Gasteiger partial charge < -0.3 is 5.73 Å². The smallest absolute Gasteiger partial charge is 0.381 e. The van der Waals surface area contributed by atoms with Crippen LogP contribution in [0.25, 0.3) is 0 Å². The van der Waals surface area contributed by atoms with Crippen LogP contribution in [-0.4, -0.2) is 15.0 Å². The fourth-order valence-electron chi connectivity index (χ4n) is 1.86. The zero-order valence-corrected chi connectivity index (χ0v) is 10.3. The second-order valence-electron chi connectivity index (χ2n) is 4.13. The summed E-state index contributed by atoms with van der Waals surface area (Å²) < 4.78 is 39.3. The van der Waals surface area contributed by atoms with Gasteiger partial charge in [0.2, 0.25) is 0 Å². The highest BCUT2D eigenvalue weighted by Gasteiger charge is 2.30. The molecule has 1 aromatic carbocycles. The minimum atomic E-state index is -4.34. The SMILES string of the molecule is CCc1c(N)nnn1Cc1cccc(C(F)(F)F)c1. The number of hydrogen-bond donors (Lipinski definition) is 1. The van der Waals surface area contributed by atoms with Gasteiger partial charge in [-0.25, -0.2) is 4.68 Å². The lowest BCUT2D eigenvalue weighted by molar-refractivity contribution is -0.137. The predicted octanol–water partition coefficient (Wildman–Crippen LogP) is 2.49. The number of anilines is 1. The van der Waals surface area contributed by atoms with Gasteiger partial charge in [-0.1, -0.05) is 24.3 Å². The third-order valence-corrected chi connectivity index (χ3v) is 2.79. The van der Waals surface area contributed by atoms with E-state index in [0.29, 0.717) is 17.8 Å². The quantitative estimate of drug-likeness (QED) is 0.932. The summed E-state index contributed by atoms with van der Waals surface area (Å²) in [6, 6.07) is 5.15. The van der Waals surface area contributed by atoms with Crippen LogP contribution in [-0.2, 0) is 19.1 Å². The number of alkyl halides is 3. The Morgan fingerprint density at radius 3 is 2.68 bits per heavy atom. The number of halogens is 3. The van der Waals surface area contributed by atoms with E-state index in [1.807, 2.05) is 6.92 Å². The van der Waals surface area contributed by atoms with Crippen LogP contribution in [0.4, 0.5) is 19.0 Å². The lowest BCUT2D eigenvalue weighted by Gasteiger charge is -2.09. The summed E-state index contributed by atoms with van der Waals surface area (Å²) in [6.07, 6.45) is -3.72. The van der Waals surface area contributed by atoms with Gasteiger partial charge in [0.05, 0.1) is 17.8 Å². The summed E-state index contributed by atoms with van der Waals surface area (Å²) >= 11 is 0. The normalized spacial score (nSPS) is 11.8. The van der Waals surface area contributed by atoms with E-state index in [0.717, 1.165) is 17.8 Å². The summed E-state index contributed by atoms with van der Waals surface area (Å²) in [6.45, 7) is 2.11. The highest BCUT2D eigenvalue weighted by Crippen LogP contribution is 2.29. The molecule has 0 unspecified atom stereocenters. The maximum Gasteiger partial charge on any atom is 0.416 e. The molecule has 19 heavy (non-hydrogen) atoms. The van der Waals surface area contributed by atoms with E-state index in [4.69, 9.17) is 5.73 Å². The van der Waals surface area contributed by atoms with Crippen molar-refractivity contribution in [3.63, 3.8) is 0 Å². The molecule has 1 aromatic heterocycles. The van der Waals surface area contributed by atoms with Gasteiger partial charge in [-0.05, 0) is 24.1 Å². The number of rotatable bonds is 3. The van der Waals surface area contributed by atoms with Crippen molar-refractivity contribution in [1.82, 2.24) is 15.0 Å². The summed E-state index contributed by atoms with van der Waals surface area (Å²) in [7, 11) is 0. The third-order valence-electron chi connectivity index (χ3n) is 2.79. The molecular weight excluding hydrogens is 257 g/mol. The average molecular weight is 270 g/mol. The fraction of sp³-hybridized carbons (Fsp3) is 0.333. The Labute approximate surface area is 108 Å². The van der Waals surface area contributed by atoms with Gasteiger partial charge in [0, 0.05) is 0 Å². The lowest BCUT2D eigenvalue weighted by atomic mass is 10.1. The minimum Gasteiger partial charge on any atom is -0.381 e. The van der Waals surface area contributed by atoms with E-state index < -0.39 is 11.7 Å². The van der Waals surface area contributed by atoms with Crippen molar-refractivity contribution < 1.29 is 13.2 Å². The summed E-state index contributed by atoms with van der Waals surface area (Å²) in [5, 5.41) is 7.56. The molecule has 4 nitrogen and oxygen atoms in total. The highest BCUT2D eigenvalue weighted by molar-refractivity contribution is 5.33. The Bertz CT molecular complexity index is 575. The first kappa shape index (κ1) is 13.4. The standard InChI is InChI=1S/C12H13F3N4/c1-2-10-11(16)17-18-19(10)7-8-4-3-5-9(6-8)12(13,14)15/h3-6H,2,7,16H2,1H3. The zero-order chi connectivity index (χ0) is 14.0. The van der Waals surface area contributed by atoms with Crippen molar-refractivity contribution in [2.45, 2.75) is 26.1 Å². The van der Waals surface area contributed by atoms with Crippen LogP contribution in [0.3, 0.4) is 0 Å². The Balaban J connectivity index is 2.29. The number of nitrogens with zero attached hydrogens (tertiary/aromatic N) is 3. The molecular formula is C12H13F3N4. The first-order chi connectivity index (χ1) is 8.91.